The van der Waals surface area contributed by atoms with Crippen LogP contribution in [-0.2, 0) is 24.8 Å². The lowest BCUT2D eigenvalue weighted by atomic mass is 10.0. The van der Waals surface area contributed by atoms with Crippen molar-refractivity contribution in [2.24, 2.45) is 7.05 Å². The van der Waals surface area contributed by atoms with E-state index in [4.69, 9.17) is 4.52 Å². The Morgan fingerprint density at radius 1 is 1.42 bits per heavy atom. The van der Waals surface area contributed by atoms with Crippen LogP contribution in [0.3, 0.4) is 0 Å². The molecule has 0 radical (unpaired) electrons. The van der Waals surface area contributed by atoms with Crippen molar-refractivity contribution in [1.82, 2.24) is 29.7 Å². The molecule has 26 heavy (non-hydrogen) atoms. The van der Waals surface area contributed by atoms with Crippen LogP contribution < -0.4 is 0 Å². The predicted octanol–water partition coefficient (Wildman–Crippen LogP) is 1.48. The second-order valence-electron chi connectivity index (χ2n) is 7.10. The molecule has 3 heterocycles. The van der Waals surface area contributed by atoms with Gasteiger partial charge in [0.15, 0.2) is 5.82 Å². The van der Waals surface area contributed by atoms with Crippen molar-refractivity contribution < 1.29 is 9.32 Å². The molecule has 0 bridgehead atoms. The number of carbonyl (C=O) groups excluding carboxylic acids is 1. The van der Waals surface area contributed by atoms with Gasteiger partial charge in [0.25, 0.3) is 0 Å². The third-order valence-electron chi connectivity index (χ3n) is 5.20. The van der Waals surface area contributed by atoms with Crippen LogP contribution in [0.4, 0.5) is 0 Å². The number of nitrogens with zero attached hydrogens (tertiary/aromatic N) is 6. The third kappa shape index (κ3) is 4.30. The minimum Gasteiger partial charge on any atom is -0.340 e. The summed E-state index contributed by atoms with van der Waals surface area (Å²) in [6.45, 7) is 8.97. The minimum atomic E-state index is 0.106. The van der Waals surface area contributed by atoms with Crippen LogP contribution in [-0.4, -0.2) is 61.3 Å². The predicted molar refractivity (Wildman–Crippen MR) is 96.4 cm³/mol. The maximum absolute atomic E-state index is 12.2. The summed E-state index contributed by atoms with van der Waals surface area (Å²) >= 11 is 0. The summed E-state index contributed by atoms with van der Waals surface area (Å²) in [6.07, 6.45) is 4.69. The first-order valence-corrected chi connectivity index (χ1v) is 9.20. The van der Waals surface area contributed by atoms with E-state index in [0.717, 1.165) is 32.5 Å². The largest absolute Gasteiger partial charge is 0.340 e. The molecule has 1 saturated heterocycles. The normalized spacial score (nSPS) is 18.2. The zero-order valence-electron chi connectivity index (χ0n) is 16.1. The van der Waals surface area contributed by atoms with E-state index in [1.807, 2.05) is 22.8 Å². The Kier molecular flexibility index (Phi) is 5.70. The smallest absolute Gasteiger partial charge is 0.223 e. The van der Waals surface area contributed by atoms with Gasteiger partial charge in [-0.15, -0.1) is 0 Å². The maximum Gasteiger partial charge on any atom is 0.223 e. The molecule has 3 rings (SSSR count). The molecule has 1 amide bonds. The zero-order valence-corrected chi connectivity index (χ0v) is 16.1. The van der Waals surface area contributed by atoms with Gasteiger partial charge < -0.3 is 9.42 Å². The fourth-order valence-electron chi connectivity index (χ4n) is 3.63. The second-order valence-corrected chi connectivity index (χ2v) is 7.10. The summed E-state index contributed by atoms with van der Waals surface area (Å²) in [6, 6.07) is 0.228. The fraction of sp³-hybridized carbons (Fsp3) is 0.667. The van der Waals surface area contributed by atoms with Gasteiger partial charge in [0.2, 0.25) is 11.8 Å². The van der Waals surface area contributed by atoms with E-state index >= 15 is 0 Å². The van der Waals surface area contributed by atoms with E-state index in [-0.39, 0.29) is 11.9 Å². The summed E-state index contributed by atoms with van der Waals surface area (Å²) in [5.74, 6) is 1.33. The van der Waals surface area contributed by atoms with Crippen molar-refractivity contribution in [3.63, 3.8) is 0 Å². The molecule has 0 saturated carbocycles. The number of aromatic nitrogens is 4. The Morgan fingerprint density at radius 2 is 2.23 bits per heavy atom. The maximum atomic E-state index is 12.2. The van der Waals surface area contributed by atoms with Crippen LogP contribution in [0, 0.1) is 13.8 Å². The van der Waals surface area contributed by atoms with Crippen LogP contribution >= 0.6 is 0 Å². The zero-order chi connectivity index (χ0) is 18.7. The first kappa shape index (κ1) is 18.6. The van der Waals surface area contributed by atoms with Crippen molar-refractivity contribution in [2.75, 3.05) is 19.6 Å². The highest BCUT2D eigenvalue weighted by atomic mass is 16.5. The van der Waals surface area contributed by atoms with Gasteiger partial charge >= 0.3 is 0 Å². The van der Waals surface area contributed by atoms with E-state index < -0.39 is 0 Å². The molecule has 0 aromatic carbocycles. The molecule has 0 N–H and O–H groups in total. The molecule has 142 valence electrons. The van der Waals surface area contributed by atoms with Crippen LogP contribution in [0.15, 0.2) is 10.7 Å². The monoisotopic (exact) mass is 360 g/mol. The minimum absolute atomic E-state index is 0.106. The number of amides is 1. The van der Waals surface area contributed by atoms with Gasteiger partial charge in [-0.3, -0.25) is 14.4 Å². The standard InChI is InChI=1S/C18H28N6O2/c1-13-16(10-19-22(13)4)11-23-8-5-6-17(12-23)24(15(3)25)9-7-18-20-14(2)26-21-18/h10,17H,5-9,11-12H2,1-4H3. The van der Waals surface area contributed by atoms with E-state index in [1.165, 1.54) is 11.3 Å². The lowest BCUT2D eigenvalue weighted by Crippen LogP contribution is -2.50. The van der Waals surface area contributed by atoms with E-state index in [9.17, 15) is 4.79 Å². The molecule has 8 heteroatoms. The highest BCUT2D eigenvalue weighted by molar-refractivity contribution is 5.73. The van der Waals surface area contributed by atoms with Crippen molar-refractivity contribution in [2.45, 2.75) is 52.6 Å². The molecule has 1 fully saturated rings. The van der Waals surface area contributed by atoms with E-state index in [1.54, 1.807) is 13.8 Å². The quantitative estimate of drug-likeness (QED) is 0.776. The number of aryl methyl sites for hydroxylation is 2. The van der Waals surface area contributed by atoms with Crippen molar-refractivity contribution >= 4 is 5.91 Å². The Bertz CT molecular complexity index is 753. The van der Waals surface area contributed by atoms with Gasteiger partial charge in [0, 0.05) is 64.2 Å². The van der Waals surface area contributed by atoms with Crippen molar-refractivity contribution in [3.8, 4) is 0 Å². The van der Waals surface area contributed by atoms with Crippen LogP contribution in [0.25, 0.3) is 0 Å². The van der Waals surface area contributed by atoms with Crippen LogP contribution in [0.2, 0.25) is 0 Å². The summed E-state index contributed by atoms with van der Waals surface area (Å²) in [4.78, 5) is 20.8. The Labute approximate surface area is 154 Å². The topological polar surface area (TPSA) is 80.3 Å². The molecule has 0 spiro atoms. The van der Waals surface area contributed by atoms with Crippen LogP contribution in [0.1, 0.15) is 42.7 Å². The average Bonchev–Trinajstić information content (AvgIpc) is 3.15. The molecular formula is C18H28N6O2. The molecule has 1 atom stereocenters. The van der Waals surface area contributed by atoms with E-state index in [0.29, 0.717) is 24.7 Å². The Hall–Kier alpha value is -2.22. The Balaban J connectivity index is 1.61. The first-order chi connectivity index (χ1) is 12.4. The molecule has 2 aromatic heterocycles. The van der Waals surface area contributed by atoms with Gasteiger partial charge in [-0.2, -0.15) is 10.1 Å². The van der Waals surface area contributed by atoms with Gasteiger partial charge in [0.1, 0.15) is 0 Å². The SMILES string of the molecule is CC(=O)N(CCc1noc(C)n1)C1CCCN(Cc2cnn(C)c2C)C1. The summed E-state index contributed by atoms with van der Waals surface area (Å²) in [5, 5.41) is 8.26. The number of piperidine rings is 1. The number of likely N-dealkylation sites (tertiary alicyclic amines) is 1. The lowest BCUT2D eigenvalue weighted by Gasteiger charge is -2.39. The van der Waals surface area contributed by atoms with Crippen molar-refractivity contribution in [1.29, 1.82) is 0 Å². The van der Waals surface area contributed by atoms with Gasteiger partial charge in [-0.25, -0.2) is 0 Å². The number of hydrogen-bond donors (Lipinski definition) is 0. The summed E-state index contributed by atoms with van der Waals surface area (Å²) in [7, 11) is 1.97. The van der Waals surface area contributed by atoms with E-state index in [2.05, 4.69) is 27.1 Å². The summed E-state index contributed by atoms with van der Waals surface area (Å²) in [5.41, 5.74) is 2.45. The van der Waals surface area contributed by atoms with Crippen molar-refractivity contribution in [3.05, 3.63) is 29.2 Å². The molecule has 1 unspecified atom stereocenters. The highest BCUT2D eigenvalue weighted by Gasteiger charge is 2.27. The average molecular weight is 360 g/mol. The lowest BCUT2D eigenvalue weighted by molar-refractivity contribution is -0.132. The molecule has 2 aromatic rings. The number of hydrogen-bond acceptors (Lipinski definition) is 6. The highest BCUT2D eigenvalue weighted by Crippen LogP contribution is 2.20. The van der Waals surface area contributed by atoms with Gasteiger partial charge in [-0.1, -0.05) is 5.16 Å². The first-order valence-electron chi connectivity index (χ1n) is 9.20. The van der Waals surface area contributed by atoms with Gasteiger partial charge in [0.05, 0.1) is 6.20 Å². The fourth-order valence-corrected chi connectivity index (χ4v) is 3.63. The molecular weight excluding hydrogens is 332 g/mol. The number of carbonyl (C=O) groups is 1. The number of rotatable bonds is 6. The molecule has 1 aliphatic heterocycles. The summed E-state index contributed by atoms with van der Waals surface area (Å²) < 4.78 is 6.93. The Morgan fingerprint density at radius 3 is 2.85 bits per heavy atom. The van der Waals surface area contributed by atoms with Crippen LogP contribution in [0.5, 0.6) is 0 Å². The molecule has 8 nitrogen and oxygen atoms in total. The van der Waals surface area contributed by atoms with Gasteiger partial charge in [-0.05, 0) is 26.3 Å². The third-order valence-corrected chi connectivity index (χ3v) is 5.20. The molecule has 1 aliphatic rings. The molecule has 0 aliphatic carbocycles. The second kappa shape index (κ2) is 7.99.